The van der Waals surface area contributed by atoms with E-state index in [1.807, 2.05) is 0 Å². The zero-order valence-corrected chi connectivity index (χ0v) is 10.9. The van der Waals surface area contributed by atoms with E-state index in [1.165, 1.54) is 0 Å². The van der Waals surface area contributed by atoms with Crippen molar-refractivity contribution in [2.45, 2.75) is 38.8 Å². The number of aliphatic hydroxyl groups excluding tert-OH is 1. The number of esters is 2. The molecule has 0 aromatic heterocycles. The van der Waals surface area contributed by atoms with E-state index < -0.39 is 12.1 Å². The molecule has 1 aliphatic heterocycles. The molecule has 1 saturated heterocycles. The van der Waals surface area contributed by atoms with Crippen LogP contribution < -0.4 is 0 Å². The third kappa shape index (κ3) is 4.27. The number of rotatable bonds is 6. The zero-order chi connectivity index (χ0) is 13.5. The van der Waals surface area contributed by atoms with Crippen LogP contribution in [0, 0.1) is 0 Å². The van der Waals surface area contributed by atoms with E-state index in [2.05, 4.69) is 0 Å². The summed E-state index contributed by atoms with van der Waals surface area (Å²) in [5.41, 5.74) is 0. The minimum atomic E-state index is -0.540. The predicted molar refractivity (Wildman–Crippen MR) is 63.9 cm³/mol. The minimum absolute atomic E-state index is 0.219. The van der Waals surface area contributed by atoms with Crippen LogP contribution in [0.25, 0.3) is 0 Å². The molecule has 2 unspecified atom stereocenters. The highest BCUT2D eigenvalue weighted by Gasteiger charge is 2.36. The summed E-state index contributed by atoms with van der Waals surface area (Å²) in [5, 5.41) is 9.59. The molecule has 1 fully saturated rings. The summed E-state index contributed by atoms with van der Waals surface area (Å²) in [7, 11) is 0. The monoisotopic (exact) mass is 259 g/mol. The first-order chi connectivity index (χ1) is 8.58. The standard InChI is InChI=1S/C12H21NO5/c1-3-17-11(15)5-6-13-8-9(14)7-10(13)12(16)18-4-2/h9-10,14H,3-8H2,1-2H3. The predicted octanol–water partition coefficient (Wildman–Crippen LogP) is -0.0621. The molecular formula is C12H21NO5. The SMILES string of the molecule is CCOC(=O)CCN1CC(O)CC1C(=O)OCC. The molecule has 0 aromatic rings. The molecule has 0 spiro atoms. The van der Waals surface area contributed by atoms with Gasteiger partial charge in [0.25, 0.3) is 0 Å². The normalized spacial score (nSPS) is 23.9. The molecule has 0 aliphatic carbocycles. The highest BCUT2D eigenvalue weighted by molar-refractivity contribution is 5.76. The van der Waals surface area contributed by atoms with Gasteiger partial charge in [0.05, 0.1) is 25.7 Å². The maximum Gasteiger partial charge on any atom is 0.323 e. The zero-order valence-electron chi connectivity index (χ0n) is 10.9. The second-order valence-corrected chi connectivity index (χ2v) is 4.21. The Morgan fingerprint density at radius 2 is 1.94 bits per heavy atom. The van der Waals surface area contributed by atoms with Crippen LogP contribution in [0.4, 0.5) is 0 Å². The van der Waals surface area contributed by atoms with Gasteiger partial charge in [-0.05, 0) is 13.8 Å². The first-order valence-electron chi connectivity index (χ1n) is 6.32. The molecule has 6 nitrogen and oxygen atoms in total. The van der Waals surface area contributed by atoms with Crippen LogP contribution in [0.3, 0.4) is 0 Å². The highest BCUT2D eigenvalue weighted by atomic mass is 16.5. The molecule has 1 N–H and O–H groups in total. The van der Waals surface area contributed by atoms with Gasteiger partial charge in [-0.2, -0.15) is 0 Å². The van der Waals surface area contributed by atoms with E-state index in [0.29, 0.717) is 32.7 Å². The van der Waals surface area contributed by atoms with Gasteiger partial charge in [0.1, 0.15) is 6.04 Å². The Labute approximate surface area is 107 Å². The van der Waals surface area contributed by atoms with Gasteiger partial charge in [0.2, 0.25) is 0 Å². The smallest absolute Gasteiger partial charge is 0.323 e. The summed E-state index contributed by atoms with van der Waals surface area (Å²) in [6, 6.07) is -0.450. The van der Waals surface area contributed by atoms with Gasteiger partial charge in [-0.1, -0.05) is 0 Å². The number of hydrogen-bond donors (Lipinski definition) is 1. The molecule has 0 aromatic carbocycles. The summed E-state index contributed by atoms with van der Waals surface area (Å²) in [4.78, 5) is 24.7. The topological polar surface area (TPSA) is 76.1 Å². The van der Waals surface area contributed by atoms with Crippen LogP contribution in [0.2, 0.25) is 0 Å². The van der Waals surface area contributed by atoms with Gasteiger partial charge in [-0.3, -0.25) is 14.5 Å². The molecule has 6 heteroatoms. The highest BCUT2D eigenvalue weighted by Crippen LogP contribution is 2.19. The molecule has 0 amide bonds. The van der Waals surface area contributed by atoms with E-state index in [9.17, 15) is 14.7 Å². The Balaban J connectivity index is 2.46. The lowest BCUT2D eigenvalue weighted by atomic mass is 10.2. The third-order valence-corrected chi connectivity index (χ3v) is 2.85. The largest absolute Gasteiger partial charge is 0.466 e. The number of ether oxygens (including phenoxy) is 2. The lowest BCUT2D eigenvalue weighted by Crippen LogP contribution is -2.38. The number of β-amino-alcohol motifs (C(OH)–C–C–N with tert-alkyl or cyclic N) is 1. The number of aliphatic hydroxyl groups is 1. The molecule has 0 bridgehead atoms. The van der Waals surface area contributed by atoms with Crippen molar-refractivity contribution in [2.24, 2.45) is 0 Å². The average molecular weight is 259 g/mol. The molecular weight excluding hydrogens is 238 g/mol. The van der Waals surface area contributed by atoms with Crippen LogP contribution in [0.5, 0.6) is 0 Å². The molecule has 1 heterocycles. The lowest BCUT2D eigenvalue weighted by molar-refractivity contribution is -0.150. The van der Waals surface area contributed by atoms with Crippen molar-refractivity contribution in [1.29, 1.82) is 0 Å². The summed E-state index contributed by atoms with van der Waals surface area (Å²) in [5.74, 6) is -0.626. The number of carbonyl (C=O) groups excluding carboxylic acids is 2. The van der Waals surface area contributed by atoms with Crippen LogP contribution in [0.15, 0.2) is 0 Å². The van der Waals surface area contributed by atoms with E-state index >= 15 is 0 Å². The quantitative estimate of drug-likeness (QED) is 0.673. The number of hydrogen-bond acceptors (Lipinski definition) is 6. The molecule has 104 valence electrons. The third-order valence-electron chi connectivity index (χ3n) is 2.85. The summed E-state index contributed by atoms with van der Waals surface area (Å²) >= 11 is 0. The Morgan fingerprint density at radius 3 is 2.56 bits per heavy atom. The molecule has 1 rings (SSSR count). The van der Waals surface area contributed by atoms with E-state index in [1.54, 1.807) is 18.7 Å². The fraction of sp³-hybridized carbons (Fsp3) is 0.833. The van der Waals surface area contributed by atoms with Gasteiger partial charge in [0.15, 0.2) is 0 Å². The molecule has 2 atom stereocenters. The second-order valence-electron chi connectivity index (χ2n) is 4.21. The lowest BCUT2D eigenvalue weighted by Gasteiger charge is -2.21. The first-order valence-corrected chi connectivity index (χ1v) is 6.32. The molecule has 1 aliphatic rings. The second kappa shape index (κ2) is 7.33. The van der Waals surface area contributed by atoms with Crippen molar-refractivity contribution < 1.29 is 24.2 Å². The van der Waals surface area contributed by atoms with Gasteiger partial charge in [-0.25, -0.2) is 0 Å². The van der Waals surface area contributed by atoms with Crippen molar-refractivity contribution in [3.63, 3.8) is 0 Å². The molecule has 18 heavy (non-hydrogen) atoms. The number of likely N-dealkylation sites (tertiary alicyclic amines) is 1. The maximum absolute atomic E-state index is 11.7. The minimum Gasteiger partial charge on any atom is -0.466 e. The van der Waals surface area contributed by atoms with Gasteiger partial charge in [0, 0.05) is 19.5 Å². The van der Waals surface area contributed by atoms with E-state index in [-0.39, 0.29) is 18.4 Å². The first kappa shape index (κ1) is 14.9. The van der Waals surface area contributed by atoms with Gasteiger partial charge in [-0.15, -0.1) is 0 Å². The van der Waals surface area contributed by atoms with Crippen molar-refractivity contribution in [3.05, 3.63) is 0 Å². The summed E-state index contributed by atoms with van der Waals surface area (Å²) < 4.78 is 9.78. The molecule has 0 radical (unpaired) electrons. The van der Waals surface area contributed by atoms with Crippen molar-refractivity contribution >= 4 is 11.9 Å². The fourth-order valence-electron chi connectivity index (χ4n) is 2.08. The van der Waals surface area contributed by atoms with E-state index in [4.69, 9.17) is 9.47 Å². The number of nitrogens with zero attached hydrogens (tertiary/aromatic N) is 1. The van der Waals surface area contributed by atoms with Crippen LogP contribution >= 0.6 is 0 Å². The average Bonchev–Trinajstić information content (AvgIpc) is 2.69. The van der Waals surface area contributed by atoms with E-state index in [0.717, 1.165) is 0 Å². The fourth-order valence-corrected chi connectivity index (χ4v) is 2.08. The van der Waals surface area contributed by atoms with Gasteiger partial charge < -0.3 is 14.6 Å². The Hall–Kier alpha value is -1.14. The molecule has 0 saturated carbocycles. The summed E-state index contributed by atoms with van der Waals surface area (Å²) in [6.07, 6.45) is 0.0413. The Kier molecular flexibility index (Phi) is 6.07. The maximum atomic E-state index is 11.7. The van der Waals surface area contributed by atoms with Crippen LogP contribution in [0.1, 0.15) is 26.7 Å². The van der Waals surface area contributed by atoms with Crippen molar-refractivity contribution in [2.75, 3.05) is 26.3 Å². The van der Waals surface area contributed by atoms with Crippen molar-refractivity contribution in [3.8, 4) is 0 Å². The van der Waals surface area contributed by atoms with Crippen molar-refractivity contribution in [1.82, 2.24) is 4.90 Å². The van der Waals surface area contributed by atoms with Gasteiger partial charge >= 0.3 is 11.9 Å². The Bertz CT molecular complexity index is 294. The van der Waals surface area contributed by atoms with Crippen LogP contribution in [-0.2, 0) is 19.1 Å². The summed E-state index contributed by atoms with van der Waals surface area (Å²) in [6.45, 7) is 4.95. The number of carbonyl (C=O) groups is 2. The Morgan fingerprint density at radius 1 is 1.28 bits per heavy atom. The van der Waals surface area contributed by atoms with Crippen LogP contribution in [-0.4, -0.2) is 60.4 Å².